The molecule has 3 heterocycles. The quantitative estimate of drug-likeness (QED) is 0.476. The lowest BCUT2D eigenvalue weighted by molar-refractivity contribution is 0.717. The van der Waals surface area contributed by atoms with Crippen molar-refractivity contribution in [3.05, 3.63) is 69.5 Å². The zero-order chi connectivity index (χ0) is 19.8. The molecule has 0 unspecified atom stereocenters. The minimum atomic E-state index is 0.412. The predicted octanol–water partition coefficient (Wildman–Crippen LogP) is 3.76. The zero-order valence-electron chi connectivity index (χ0n) is 15.4. The van der Waals surface area contributed by atoms with Gasteiger partial charge in [-0.2, -0.15) is 20.0 Å². The maximum atomic E-state index is 6.55. The van der Waals surface area contributed by atoms with Crippen LogP contribution in [0.4, 0.5) is 0 Å². The van der Waals surface area contributed by atoms with Crippen LogP contribution in [0.1, 0.15) is 22.6 Å². The molecule has 0 saturated heterocycles. The number of benzene rings is 1. The molecule has 8 nitrogen and oxygen atoms in total. The molecular weight excluding hydrogens is 399 g/mol. The first-order chi connectivity index (χ1) is 13.5. The molecule has 1 aromatic carbocycles. The largest absolute Gasteiger partial charge is 0.273 e. The molecule has 0 aliphatic heterocycles. The lowest BCUT2D eigenvalue weighted by Crippen LogP contribution is -2.06. The average Bonchev–Trinajstić information content (AvgIpc) is 3.32. The summed E-state index contributed by atoms with van der Waals surface area (Å²) in [6.07, 6.45) is 3.13. The van der Waals surface area contributed by atoms with Crippen LogP contribution in [0.2, 0.25) is 10.2 Å². The molecule has 10 heteroatoms. The second kappa shape index (κ2) is 7.21. The van der Waals surface area contributed by atoms with Gasteiger partial charge in [-0.15, -0.1) is 10.2 Å². The van der Waals surface area contributed by atoms with Gasteiger partial charge in [-0.1, -0.05) is 35.3 Å². The van der Waals surface area contributed by atoms with Gasteiger partial charge in [-0.25, -0.2) is 9.36 Å². The van der Waals surface area contributed by atoms with E-state index in [1.54, 1.807) is 21.6 Å². The van der Waals surface area contributed by atoms with E-state index in [-0.39, 0.29) is 0 Å². The minimum Gasteiger partial charge on any atom is -0.220 e. The number of halogens is 2. The van der Waals surface area contributed by atoms with E-state index in [1.807, 2.05) is 45.0 Å². The van der Waals surface area contributed by atoms with Gasteiger partial charge >= 0.3 is 0 Å². The maximum absolute atomic E-state index is 6.55. The van der Waals surface area contributed by atoms with Crippen molar-refractivity contribution in [2.75, 3.05) is 0 Å². The standard InChI is InChI=1S/C18H16Cl2N8/c1-11-8-12(2)27(24-11)18-23-21-10-26(18)22-9-14-13(3)25-28(17(14)20)16-7-5-4-6-15(16)19/h4-10H,1-3H3/b22-9-. The number of nitrogens with zero attached hydrogens (tertiary/aromatic N) is 8. The van der Waals surface area contributed by atoms with Crippen LogP contribution in [-0.4, -0.2) is 40.6 Å². The molecule has 0 bridgehead atoms. The highest BCUT2D eigenvalue weighted by Crippen LogP contribution is 2.26. The molecule has 3 aromatic heterocycles. The molecule has 0 fully saturated rings. The number of rotatable bonds is 4. The molecule has 0 amide bonds. The van der Waals surface area contributed by atoms with E-state index in [2.05, 4.69) is 25.5 Å². The molecule has 0 aliphatic rings. The Hall–Kier alpha value is -2.97. The van der Waals surface area contributed by atoms with Gasteiger partial charge < -0.3 is 0 Å². The summed E-state index contributed by atoms with van der Waals surface area (Å²) in [6.45, 7) is 5.71. The van der Waals surface area contributed by atoms with Crippen molar-refractivity contribution in [1.82, 2.24) is 34.4 Å². The molecule has 0 spiro atoms. The number of hydrogen-bond acceptors (Lipinski definition) is 5. The van der Waals surface area contributed by atoms with Crippen molar-refractivity contribution < 1.29 is 0 Å². The molecule has 0 aliphatic carbocycles. The van der Waals surface area contributed by atoms with Gasteiger partial charge in [0.25, 0.3) is 5.95 Å². The van der Waals surface area contributed by atoms with Gasteiger partial charge in [-0.3, -0.25) is 0 Å². The second-order valence-electron chi connectivity index (χ2n) is 6.21. The van der Waals surface area contributed by atoms with Crippen molar-refractivity contribution in [2.24, 2.45) is 5.10 Å². The van der Waals surface area contributed by atoms with Crippen LogP contribution < -0.4 is 0 Å². The third-order valence-corrected chi connectivity index (χ3v) is 4.84. The molecule has 0 N–H and O–H groups in total. The van der Waals surface area contributed by atoms with Crippen LogP contribution in [0.25, 0.3) is 11.6 Å². The van der Waals surface area contributed by atoms with E-state index in [4.69, 9.17) is 23.2 Å². The summed E-state index contributed by atoms with van der Waals surface area (Å²) < 4.78 is 4.80. The van der Waals surface area contributed by atoms with E-state index in [0.29, 0.717) is 27.4 Å². The first-order valence-corrected chi connectivity index (χ1v) is 9.19. The number of hydrogen-bond donors (Lipinski definition) is 0. The number of para-hydroxylation sites is 1. The van der Waals surface area contributed by atoms with Crippen molar-refractivity contribution in [3.8, 4) is 11.6 Å². The smallest absolute Gasteiger partial charge is 0.220 e. The van der Waals surface area contributed by atoms with E-state index < -0.39 is 0 Å². The topological polar surface area (TPSA) is 78.7 Å². The van der Waals surface area contributed by atoms with Crippen molar-refractivity contribution in [1.29, 1.82) is 0 Å². The van der Waals surface area contributed by atoms with Gasteiger partial charge in [0.15, 0.2) is 0 Å². The maximum Gasteiger partial charge on any atom is 0.273 e. The highest BCUT2D eigenvalue weighted by atomic mass is 35.5. The minimum absolute atomic E-state index is 0.412. The molecule has 0 radical (unpaired) electrons. The van der Waals surface area contributed by atoms with Crippen LogP contribution in [0.5, 0.6) is 0 Å². The number of aromatic nitrogens is 7. The normalized spacial score (nSPS) is 11.6. The Bertz CT molecular complexity index is 1180. The Morgan fingerprint density at radius 1 is 1.04 bits per heavy atom. The Morgan fingerprint density at radius 3 is 2.54 bits per heavy atom. The first kappa shape index (κ1) is 18.4. The monoisotopic (exact) mass is 414 g/mol. The lowest BCUT2D eigenvalue weighted by Gasteiger charge is -2.05. The summed E-state index contributed by atoms with van der Waals surface area (Å²) >= 11 is 12.8. The molecular formula is C18H16Cl2N8. The van der Waals surface area contributed by atoms with Gasteiger partial charge in [0.1, 0.15) is 11.5 Å². The van der Waals surface area contributed by atoms with Crippen molar-refractivity contribution in [3.63, 3.8) is 0 Å². The summed E-state index contributed by atoms with van der Waals surface area (Å²) in [5.74, 6) is 0.481. The van der Waals surface area contributed by atoms with E-state index in [9.17, 15) is 0 Å². The number of aryl methyl sites for hydroxylation is 3. The summed E-state index contributed by atoms with van der Waals surface area (Å²) in [7, 11) is 0. The van der Waals surface area contributed by atoms with Crippen LogP contribution in [-0.2, 0) is 0 Å². The van der Waals surface area contributed by atoms with Gasteiger partial charge in [0, 0.05) is 5.69 Å². The Kier molecular flexibility index (Phi) is 4.74. The zero-order valence-corrected chi connectivity index (χ0v) is 16.9. The second-order valence-corrected chi connectivity index (χ2v) is 6.98. The van der Waals surface area contributed by atoms with Gasteiger partial charge in [-0.05, 0) is 39.0 Å². The molecule has 4 rings (SSSR count). The van der Waals surface area contributed by atoms with E-state index >= 15 is 0 Å². The van der Waals surface area contributed by atoms with Crippen LogP contribution in [0, 0.1) is 20.8 Å². The Labute approximate surface area is 171 Å². The molecule has 142 valence electrons. The highest BCUT2D eigenvalue weighted by Gasteiger charge is 2.16. The Morgan fingerprint density at radius 2 is 1.82 bits per heavy atom. The SMILES string of the molecule is Cc1cc(C)n(-c2nncn2/N=C\c2c(C)nn(-c3ccccc3Cl)c2Cl)n1. The van der Waals surface area contributed by atoms with Gasteiger partial charge in [0.05, 0.1) is 33.9 Å². The van der Waals surface area contributed by atoms with Crippen LogP contribution in [0.15, 0.2) is 41.8 Å². The molecule has 0 saturated carbocycles. The summed E-state index contributed by atoms with van der Waals surface area (Å²) in [5, 5.41) is 22.4. The summed E-state index contributed by atoms with van der Waals surface area (Å²) in [5.41, 5.74) is 3.91. The third kappa shape index (κ3) is 3.21. The lowest BCUT2D eigenvalue weighted by atomic mass is 10.3. The molecule has 28 heavy (non-hydrogen) atoms. The molecule has 0 atom stereocenters. The van der Waals surface area contributed by atoms with Gasteiger partial charge in [0.2, 0.25) is 0 Å². The highest BCUT2D eigenvalue weighted by molar-refractivity contribution is 6.34. The summed E-state index contributed by atoms with van der Waals surface area (Å²) in [4.78, 5) is 0. The fraction of sp³-hybridized carbons (Fsp3) is 0.167. The van der Waals surface area contributed by atoms with E-state index in [1.165, 1.54) is 11.0 Å². The van der Waals surface area contributed by atoms with Crippen LogP contribution in [0.3, 0.4) is 0 Å². The fourth-order valence-corrected chi connectivity index (χ4v) is 3.37. The van der Waals surface area contributed by atoms with E-state index in [0.717, 1.165) is 17.1 Å². The van der Waals surface area contributed by atoms with Crippen molar-refractivity contribution >= 4 is 29.4 Å². The summed E-state index contributed by atoms with van der Waals surface area (Å²) in [6, 6.07) is 9.32. The first-order valence-electron chi connectivity index (χ1n) is 8.43. The predicted molar refractivity (Wildman–Crippen MR) is 108 cm³/mol. The Balaban J connectivity index is 1.72. The van der Waals surface area contributed by atoms with Crippen LogP contribution >= 0.6 is 23.2 Å². The van der Waals surface area contributed by atoms with Crippen molar-refractivity contribution in [2.45, 2.75) is 20.8 Å². The average molecular weight is 415 g/mol. The third-order valence-electron chi connectivity index (χ3n) is 4.15. The molecule has 4 aromatic rings. The fourth-order valence-electron chi connectivity index (χ4n) is 2.84.